The van der Waals surface area contributed by atoms with Crippen LogP contribution in [0.3, 0.4) is 0 Å². The maximum absolute atomic E-state index is 13.1. The van der Waals surface area contributed by atoms with Crippen LogP contribution in [-0.4, -0.2) is 100 Å². The van der Waals surface area contributed by atoms with Gasteiger partial charge in [0.25, 0.3) is 0 Å². The van der Waals surface area contributed by atoms with Crippen molar-refractivity contribution in [3.05, 3.63) is 65.7 Å². The third-order valence-corrected chi connectivity index (χ3v) is 10.8. The minimum atomic E-state index is -3.64. The molecule has 1 aliphatic heterocycles. The first-order valence-electron chi connectivity index (χ1n) is 14.5. The van der Waals surface area contributed by atoms with E-state index in [1.807, 2.05) is 42.5 Å². The summed E-state index contributed by atoms with van der Waals surface area (Å²) < 4.78 is 50.8. The standard InChI is InChI=1S/C30H46N4O5S2/c1-4-32(25(2)21-27-13-15-29(16-14-27)40(3,36)37)17-8-9-18-33-19-10-20-34(23-30(33)35)41(38,39)24-28(31)22-26-11-6-5-7-12-26/h5-7,11-16,25,28H,4,8-10,17-24,31H2,1-3H3. The lowest BCUT2D eigenvalue weighted by atomic mass is 10.1. The van der Waals surface area contributed by atoms with Crippen molar-refractivity contribution in [3.63, 3.8) is 0 Å². The van der Waals surface area contributed by atoms with Crippen molar-refractivity contribution in [2.75, 3.05) is 51.3 Å². The van der Waals surface area contributed by atoms with E-state index in [1.54, 1.807) is 17.0 Å². The topological polar surface area (TPSA) is 121 Å². The Hall–Kier alpha value is -2.31. The summed E-state index contributed by atoms with van der Waals surface area (Å²) in [6.07, 6.45) is 4.87. The summed E-state index contributed by atoms with van der Waals surface area (Å²) in [5, 5.41) is 0. The molecule has 1 aliphatic rings. The van der Waals surface area contributed by atoms with Crippen molar-refractivity contribution in [2.45, 2.75) is 62.9 Å². The average Bonchev–Trinajstić information content (AvgIpc) is 3.10. The first-order valence-corrected chi connectivity index (χ1v) is 18.0. The molecule has 228 valence electrons. The molecule has 41 heavy (non-hydrogen) atoms. The average molecular weight is 607 g/mol. The van der Waals surface area contributed by atoms with Gasteiger partial charge in [0.1, 0.15) is 0 Å². The number of hydrogen-bond acceptors (Lipinski definition) is 7. The third kappa shape index (κ3) is 10.5. The first-order chi connectivity index (χ1) is 19.4. The molecule has 1 heterocycles. The number of nitrogens with two attached hydrogens (primary N) is 1. The number of sulfone groups is 1. The highest BCUT2D eigenvalue weighted by Crippen LogP contribution is 2.16. The summed E-state index contributed by atoms with van der Waals surface area (Å²) in [6, 6.07) is 16.4. The van der Waals surface area contributed by atoms with Gasteiger partial charge in [0.05, 0.1) is 17.2 Å². The molecule has 0 aromatic heterocycles. The fourth-order valence-corrected chi connectivity index (χ4v) is 7.58. The van der Waals surface area contributed by atoms with E-state index in [2.05, 4.69) is 18.7 Å². The summed E-state index contributed by atoms with van der Waals surface area (Å²) in [4.78, 5) is 17.5. The van der Waals surface area contributed by atoms with Gasteiger partial charge >= 0.3 is 0 Å². The molecule has 2 atom stereocenters. The zero-order valence-corrected chi connectivity index (χ0v) is 26.2. The molecule has 3 rings (SSSR count). The molecular weight excluding hydrogens is 560 g/mol. The molecule has 1 fully saturated rings. The van der Waals surface area contributed by atoms with E-state index in [0.29, 0.717) is 37.4 Å². The van der Waals surface area contributed by atoms with Crippen LogP contribution < -0.4 is 5.73 Å². The van der Waals surface area contributed by atoms with Gasteiger partial charge in [0.15, 0.2) is 9.84 Å². The smallest absolute Gasteiger partial charge is 0.237 e. The minimum Gasteiger partial charge on any atom is -0.342 e. The highest BCUT2D eigenvalue weighted by molar-refractivity contribution is 7.90. The summed E-state index contributed by atoms with van der Waals surface area (Å²) in [5.74, 6) is -0.330. The molecule has 2 unspecified atom stereocenters. The molecule has 2 aromatic carbocycles. The van der Waals surface area contributed by atoms with Gasteiger partial charge in [-0.05, 0) is 75.4 Å². The van der Waals surface area contributed by atoms with Crippen LogP contribution in [0.4, 0.5) is 0 Å². The Bertz CT molecular complexity index is 1320. The number of rotatable bonds is 15. The Kier molecular flexibility index (Phi) is 12.3. The molecule has 11 heteroatoms. The normalized spacial score (nSPS) is 17.0. The molecule has 0 bridgehead atoms. The summed E-state index contributed by atoms with van der Waals surface area (Å²) in [5.41, 5.74) is 8.26. The Balaban J connectivity index is 1.43. The van der Waals surface area contributed by atoms with Crippen molar-refractivity contribution in [1.82, 2.24) is 14.1 Å². The van der Waals surface area contributed by atoms with Crippen LogP contribution in [0.25, 0.3) is 0 Å². The van der Waals surface area contributed by atoms with Crippen molar-refractivity contribution < 1.29 is 21.6 Å². The highest BCUT2D eigenvalue weighted by Gasteiger charge is 2.30. The maximum atomic E-state index is 13.1. The maximum Gasteiger partial charge on any atom is 0.237 e. The monoisotopic (exact) mass is 606 g/mol. The predicted molar refractivity (Wildman–Crippen MR) is 164 cm³/mol. The van der Waals surface area contributed by atoms with Crippen LogP contribution in [0, 0.1) is 0 Å². The van der Waals surface area contributed by atoms with Crippen LogP contribution in [0.5, 0.6) is 0 Å². The fraction of sp³-hybridized carbons (Fsp3) is 0.567. The Morgan fingerprint density at radius 3 is 2.22 bits per heavy atom. The van der Waals surface area contributed by atoms with Crippen LogP contribution in [0.1, 0.15) is 44.2 Å². The quantitative estimate of drug-likeness (QED) is 0.309. The molecule has 0 aliphatic carbocycles. The van der Waals surface area contributed by atoms with Gasteiger partial charge in [0.2, 0.25) is 15.9 Å². The lowest BCUT2D eigenvalue weighted by Crippen LogP contribution is -2.44. The second-order valence-electron chi connectivity index (χ2n) is 11.1. The number of nitrogens with zero attached hydrogens (tertiary/aromatic N) is 3. The van der Waals surface area contributed by atoms with Gasteiger partial charge in [-0.2, -0.15) is 4.31 Å². The number of unbranched alkanes of at least 4 members (excludes halogenated alkanes) is 1. The lowest BCUT2D eigenvalue weighted by molar-refractivity contribution is -0.130. The molecule has 0 radical (unpaired) electrons. The van der Waals surface area contributed by atoms with E-state index in [4.69, 9.17) is 5.73 Å². The Labute approximate surface area is 246 Å². The van der Waals surface area contributed by atoms with Crippen molar-refractivity contribution in [2.24, 2.45) is 5.73 Å². The summed E-state index contributed by atoms with van der Waals surface area (Å²) in [6.45, 7) is 7.45. The number of likely N-dealkylation sites (N-methyl/N-ethyl adjacent to an activating group) is 1. The Morgan fingerprint density at radius 2 is 1.59 bits per heavy atom. The number of amides is 1. The molecule has 0 spiro atoms. The fourth-order valence-electron chi connectivity index (χ4n) is 5.37. The number of carbonyl (C=O) groups is 1. The molecule has 2 aromatic rings. The number of sulfonamides is 1. The zero-order chi connectivity index (χ0) is 30.0. The number of carbonyl (C=O) groups excluding carboxylic acids is 1. The minimum absolute atomic E-state index is 0.128. The molecular formula is C30H46N4O5S2. The van der Waals surface area contributed by atoms with Gasteiger partial charge < -0.3 is 15.5 Å². The van der Waals surface area contributed by atoms with E-state index in [9.17, 15) is 21.6 Å². The van der Waals surface area contributed by atoms with Gasteiger partial charge in [-0.1, -0.05) is 49.4 Å². The second kappa shape index (κ2) is 15.2. The van der Waals surface area contributed by atoms with E-state index < -0.39 is 25.9 Å². The third-order valence-electron chi connectivity index (χ3n) is 7.69. The molecule has 0 saturated carbocycles. The predicted octanol–water partition coefficient (Wildman–Crippen LogP) is 2.56. The van der Waals surface area contributed by atoms with Crippen molar-refractivity contribution >= 4 is 25.8 Å². The van der Waals surface area contributed by atoms with E-state index in [-0.39, 0.29) is 24.2 Å². The molecule has 1 saturated heterocycles. The second-order valence-corrected chi connectivity index (χ2v) is 15.1. The van der Waals surface area contributed by atoms with Crippen LogP contribution in [0.15, 0.2) is 59.5 Å². The molecule has 1 amide bonds. The molecule has 2 N–H and O–H groups in total. The van der Waals surface area contributed by atoms with Crippen LogP contribution >= 0.6 is 0 Å². The van der Waals surface area contributed by atoms with Gasteiger partial charge in [0, 0.05) is 38.0 Å². The van der Waals surface area contributed by atoms with Crippen molar-refractivity contribution in [3.8, 4) is 0 Å². The highest BCUT2D eigenvalue weighted by atomic mass is 32.2. The lowest BCUT2D eigenvalue weighted by Gasteiger charge is -2.28. The van der Waals surface area contributed by atoms with Gasteiger partial charge in [-0.25, -0.2) is 16.8 Å². The van der Waals surface area contributed by atoms with E-state index in [0.717, 1.165) is 43.5 Å². The van der Waals surface area contributed by atoms with Crippen molar-refractivity contribution in [1.29, 1.82) is 0 Å². The summed E-state index contributed by atoms with van der Waals surface area (Å²) in [7, 11) is -6.84. The SMILES string of the molecule is CCN(CCCCN1CCCN(S(=O)(=O)CC(N)Cc2ccccc2)CC1=O)C(C)Cc1ccc(S(C)(=O)=O)cc1. The molecule has 9 nitrogen and oxygen atoms in total. The first kappa shape index (κ1) is 33.2. The van der Waals surface area contributed by atoms with E-state index in [1.165, 1.54) is 10.6 Å². The van der Waals surface area contributed by atoms with E-state index >= 15 is 0 Å². The zero-order valence-electron chi connectivity index (χ0n) is 24.6. The number of benzene rings is 2. The summed E-state index contributed by atoms with van der Waals surface area (Å²) >= 11 is 0. The van der Waals surface area contributed by atoms with Crippen LogP contribution in [-0.2, 0) is 37.5 Å². The largest absolute Gasteiger partial charge is 0.342 e. The Morgan fingerprint density at radius 1 is 0.927 bits per heavy atom. The van der Waals surface area contributed by atoms with Gasteiger partial charge in [-0.3, -0.25) is 4.79 Å². The van der Waals surface area contributed by atoms with Gasteiger partial charge in [-0.15, -0.1) is 0 Å². The van der Waals surface area contributed by atoms with Crippen LogP contribution in [0.2, 0.25) is 0 Å². The number of hydrogen-bond donors (Lipinski definition) is 1.